The van der Waals surface area contributed by atoms with Gasteiger partial charge in [-0.3, -0.25) is 9.59 Å². The number of para-hydroxylation sites is 1. The average molecular weight is 461 g/mol. The van der Waals surface area contributed by atoms with Crippen molar-refractivity contribution in [1.82, 2.24) is 19.7 Å². The zero-order valence-electron chi connectivity index (χ0n) is 19.5. The number of hydrogen-bond donors (Lipinski definition) is 2. The highest BCUT2D eigenvalue weighted by molar-refractivity contribution is 6.06. The number of likely N-dealkylation sites (N-methyl/N-ethyl adjacent to an activating group) is 1. The van der Waals surface area contributed by atoms with Gasteiger partial charge in [0, 0.05) is 24.5 Å². The molecule has 4 rings (SSSR count). The van der Waals surface area contributed by atoms with Crippen molar-refractivity contribution < 1.29 is 14.3 Å². The summed E-state index contributed by atoms with van der Waals surface area (Å²) >= 11 is 0. The fourth-order valence-corrected chi connectivity index (χ4v) is 3.97. The quantitative estimate of drug-likeness (QED) is 0.534. The molecule has 9 nitrogen and oxygen atoms in total. The summed E-state index contributed by atoms with van der Waals surface area (Å²) in [6, 6.07) is 16.2. The summed E-state index contributed by atoms with van der Waals surface area (Å²) in [4.78, 5) is 31.5. The molecular formula is C25H28N6O3. The molecule has 0 fully saturated rings. The van der Waals surface area contributed by atoms with E-state index in [0.717, 1.165) is 5.56 Å². The molecule has 0 radical (unpaired) electrons. The van der Waals surface area contributed by atoms with Gasteiger partial charge in [-0.2, -0.15) is 10.1 Å². The molecule has 2 amide bonds. The lowest BCUT2D eigenvalue weighted by atomic mass is 9.95. The number of aromatic nitrogens is 3. The van der Waals surface area contributed by atoms with Gasteiger partial charge in [0.2, 0.25) is 5.95 Å². The van der Waals surface area contributed by atoms with Gasteiger partial charge in [0.25, 0.3) is 11.8 Å². The predicted molar refractivity (Wildman–Crippen MR) is 129 cm³/mol. The summed E-state index contributed by atoms with van der Waals surface area (Å²) < 4.78 is 7.38. The maximum Gasteiger partial charge on any atom is 0.260 e. The van der Waals surface area contributed by atoms with Crippen LogP contribution in [0.15, 0.2) is 72.2 Å². The Morgan fingerprint density at radius 1 is 1.09 bits per heavy atom. The zero-order valence-corrected chi connectivity index (χ0v) is 19.5. The Morgan fingerprint density at radius 2 is 1.79 bits per heavy atom. The first kappa shape index (κ1) is 23.0. The summed E-state index contributed by atoms with van der Waals surface area (Å²) in [5, 5.41) is 10.5. The van der Waals surface area contributed by atoms with Crippen LogP contribution < -0.4 is 15.4 Å². The number of ether oxygens (including phenoxy) is 1. The van der Waals surface area contributed by atoms with Crippen molar-refractivity contribution >= 4 is 23.5 Å². The smallest absolute Gasteiger partial charge is 0.260 e. The summed E-state index contributed by atoms with van der Waals surface area (Å²) in [7, 11) is 0. The lowest BCUT2D eigenvalue weighted by Crippen LogP contribution is -2.34. The molecular weight excluding hydrogens is 432 g/mol. The largest absolute Gasteiger partial charge is 0.484 e. The van der Waals surface area contributed by atoms with E-state index in [4.69, 9.17) is 4.74 Å². The van der Waals surface area contributed by atoms with Crippen LogP contribution in [0.5, 0.6) is 5.75 Å². The standard InChI is InChI=1S/C25H28N6O3/c1-4-30(5-2)21(32)15-34-20-13-11-18(12-14-20)23-22(17(3)28-25-26-16-27-31(23)25)24(33)29-19-9-7-6-8-10-19/h6-14,16,23H,4-5,15H2,1-3H3,(H,29,33)(H,26,27,28)/t23-/m0/s1. The first-order valence-electron chi connectivity index (χ1n) is 11.3. The Balaban J connectivity index is 1.58. The number of amides is 2. The molecule has 176 valence electrons. The van der Waals surface area contributed by atoms with E-state index >= 15 is 0 Å². The number of carbonyl (C=O) groups excluding carboxylic acids is 2. The van der Waals surface area contributed by atoms with Crippen molar-refractivity contribution in [3.05, 3.63) is 77.8 Å². The molecule has 0 spiro atoms. The van der Waals surface area contributed by atoms with Crippen LogP contribution in [0.25, 0.3) is 0 Å². The molecule has 1 aromatic heterocycles. The minimum atomic E-state index is -0.478. The highest BCUT2D eigenvalue weighted by Gasteiger charge is 2.33. The van der Waals surface area contributed by atoms with Crippen molar-refractivity contribution in [2.75, 3.05) is 30.3 Å². The number of rotatable bonds is 8. The summed E-state index contributed by atoms with van der Waals surface area (Å²) in [6.45, 7) is 7.00. The van der Waals surface area contributed by atoms with Crippen molar-refractivity contribution in [2.45, 2.75) is 26.8 Å². The van der Waals surface area contributed by atoms with Gasteiger partial charge in [0.15, 0.2) is 6.61 Å². The Hall–Kier alpha value is -4.14. The van der Waals surface area contributed by atoms with E-state index in [1.54, 1.807) is 21.7 Å². The van der Waals surface area contributed by atoms with Gasteiger partial charge in [-0.1, -0.05) is 30.3 Å². The molecule has 0 unspecified atom stereocenters. The fourth-order valence-electron chi connectivity index (χ4n) is 3.97. The normalized spacial score (nSPS) is 14.7. The molecule has 0 bridgehead atoms. The highest BCUT2D eigenvalue weighted by Crippen LogP contribution is 2.35. The van der Waals surface area contributed by atoms with Crippen molar-refractivity contribution in [1.29, 1.82) is 0 Å². The van der Waals surface area contributed by atoms with Gasteiger partial charge in [0.1, 0.15) is 18.1 Å². The number of hydrogen-bond acceptors (Lipinski definition) is 6. The number of carbonyl (C=O) groups is 2. The van der Waals surface area contributed by atoms with E-state index in [2.05, 4.69) is 20.7 Å². The van der Waals surface area contributed by atoms with E-state index < -0.39 is 6.04 Å². The van der Waals surface area contributed by atoms with Crippen LogP contribution in [-0.4, -0.2) is 51.2 Å². The Morgan fingerprint density at radius 3 is 2.47 bits per heavy atom. The molecule has 1 aliphatic rings. The number of fused-ring (bicyclic) bond motifs is 1. The van der Waals surface area contributed by atoms with Crippen molar-refractivity contribution in [3.63, 3.8) is 0 Å². The van der Waals surface area contributed by atoms with Gasteiger partial charge in [-0.25, -0.2) is 4.68 Å². The van der Waals surface area contributed by atoms with Crippen LogP contribution >= 0.6 is 0 Å². The van der Waals surface area contributed by atoms with Crippen LogP contribution in [0.3, 0.4) is 0 Å². The molecule has 34 heavy (non-hydrogen) atoms. The van der Waals surface area contributed by atoms with Crippen molar-refractivity contribution in [3.8, 4) is 5.75 Å². The van der Waals surface area contributed by atoms with E-state index in [9.17, 15) is 9.59 Å². The van der Waals surface area contributed by atoms with E-state index in [0.29, 0.717) is 41.7 Å². The first-order chi connectivity index (χ1) is 16.5. The number of anilines is 2. The molecule has 0 saturated heterocycles. The van der Waals surface area contributed by atoms with E-state index in [-0.39, 0.29) is 18.4 Å². The SMILES string of the molecule is CCN(CC)C(=O)COc1ccc([C@H]2C(C(=O)Nc3ccccc3)=C(C)Nc3ncnn32)cc1. The lowest BCUT2D eigenvalue weighted by molar-refractivity contribution is -0.133. The van der Waals surface area contributed by atoms with Crippen LogP contribution in [0.1, 0.15) is 32.4 Å². The molecule has 2 aromatic carbocycles. The third kappa shape index (κ3) is 4.78. The molecule has 0 saturated carbocycles. The van der Waals surface area contributed by atoms with Crippen LogP contribution in [0.4, 0.5) is 11.6 Å². The Bertz CT molecular complexity index is 1180. The second kappa shape index (κ2) is 10.2. The number of allylic oxidation sites excluding steroid dienone is 1. The molecule has 9 heteroatoms. The van der Waals surface area contributed by atoms with Gasteiger partial charge in [0.05, 0.1) is 5.57 Å². The molecule has 0 aliphatic carbocycles. The molecule has 3 aromatic rings. The maximum atomic E-state index is 13.3. The van der Waals surface area contributed by atoms with Crippen LogP contribution in [-0.2, 0) is 9.59 Å². The third-order valence-corrected chi connectivity index (χ3v) is 5.74. The van der Waals surface area contributed by atoms with Crippen LogP contribution in [0.2, 0.25) is 0 Å². The second-order valence-corrected chi connectivity index (χ2v) is 7.84. The van der Waals surface area contributed by atoms with Crippen LogP contribution in [0, 0.1) is 0 Å². The third-order valence-electron chi connectivity index (χ3n) is 5.74. The maximum absolute atomic E-state index is 13.3. The first-order valence-corrected chi connectivity index (χ1v) is 11.3. The number of nitrogens with zero attached hydrogens (tertiary/aromatic N) is 4. The lowest BCUT2D eigenvalue weighted by Gasteiger charge is -2.28. The molecule has 2 heterocycles. The van der Waals surface area contributed by atoms with Gasteiger partial charge in [-0.05, 0) is 50.6 Å². The summed E-state index contributed by atoms with van der Waals surface area (Å²) in [5.74, 6) is 0.850. The highest BCUT2D eigenvalue weighted by atomic mass is 16.5. The second-order valence-electron chi connectivity index (χ2n) is 7.84. The number of nitrogens with one attached hydrogen (secondary N) is 2. The minimum Gasteiger partial charge on any atom is -0.484 e. The van der Waals surface area contributed by atoms with Gasteiger partial charge in [-0.15, -0.1) is 0 Å². The Kier molecular flexibility index (Phi) is 6.91. The van der Waals surface area contributed by atoms with Crippen molar-refractivity contribution in [2.24, 2.45) is 0 Å². The molecule has 1 aliphatic heterocycles. The summed E-state index contributed by atoms with van der Waals surface area (Å²) in [6.07, 6.45) is 1.46. The topological polar surface area (TPSA) is 101 Å². The number of benzene rings is 2. The summed E-state index contributed by atoms with van der Waals surface area (Å²) in [5.41, 5.74) is 2.78. The minimum absolute atomic E-state index is 0.0225. The Labute approximate surface area is 198 Å². The molecule has 1 atom stereocenters. The molecule has 2 N–H and O–H groups in total. The zero-order chi connectivity index (χ0) is 24.1. The van der Waals surface area contributed by atoms with Gasteiger partial charge >= 0.3 is 0 Å². The predicted octanol–water partition coefficient (Wildman–Crippen LogP) is 3.45. The van der Waals surface area contributed by atoms with E-state index in [1.807, 2.05) is 63.2 Å². The average Bonchev–Trinajstić information content (AvgIpc) is 3.31. The fraction of sp³-hybridized carbons (Fsp3) is 0.280. The van der Waals surface area contributed by atoms with E-state index in [1.165, 1.54) is 6.33 Å². The monoisotopic (exact) mass is 460 g/mol. The van der Waals surface area contributed by atoms with Gasteiger partial charge < -0.3 is 20.3 Å².